The third-order valence-corrected chi connectivity index (χ3v) is 5.58. The number of para-hydroxylation sites is 1. The van der Waals surface area contributed by atoms with Crippen molar-refractivity contribution >= 4 is 22.3 Å². The summed E-state index contributed by atoms with van der Waals surface area (Å²) in [5.41, 5.74) is 3.03. The van der Waals surface area contributed by atoms with E-state index in [1.807, 2.05) is 42.5 Å². The summed E-state index contributed by atoms with van der Waals surface area (Å²) >= 11 is 1.66. The van der Waals surface area contributed by atoms with Gasteiger partial charge in [-0.1, -0.05) is 54.5 Å². The van der Waals surface area contributed by atoms with Crippen molar-refractivity contribution < 1.29 is 8.94 Å². The van der Waals surface area contributed by atoms with Crippen LogP contribution < -0.4 is 5.63 Å². The number of aryl methyl sites for hydroxylation is 1. The minimum Gasteiger partial charge on any atom is -0.422 e. The molecule has 0 saturated heterocycles. The van der Waals surface area contributed by atoms with Crippen molar-refractivity contribution in [3.63, 3.8) is 0 Å². The maximum absolute atomic E-state index is 12.3. The van der Waals surface area contributed by atoms with Crippen LogP contribution in [0.5, 0.6) is 0 Å². The van der Waals surface area contributed by atoms with Gasteiger partial charge in [0, 0.05) is 21.9 Å². The Hall–Kier alpha value is -3.58. The van der Waals surface area contributed by atoms with Crippen molar-refractivity contribution in [2.75, 3.05) is 0 Å². The highest BCUT2D eigenvalue weighted by Crippen LogP contribution is 2.26. The number of hydrogen-bond acceptors (Lipinski definition) is 7. The molecule has 3 aromatic heterocycles. The summed E-state index contributed by atoms with van der Waals surface area (Å²) in [7, 11) is 0. The molecule has 0 bridgehead atoms. The topological polar surface area (TPSA) is 82.0 Å². The second-order valence-corrected chi connectivity index (χ2v) is 7.41. The van der Waals surface area contributed by atoms with Crippen LogP contribution in [0, 0.1) is 0 Å². The Morgan fingerprint density at radius 2 is 1.79 bits per heavy atom. The van der Waals surface area contributed by atoms with Crippen LogP contribution in [0.15, 0.2) is 73.7 Å². The zero-order valence-corrected chi connectivity index (χ0v) is 16.3. The highest BCUT2D eigenvalue weighted by molar-refractivity contribution is 7.09. The standard InChI is InChI=1S/C22H15N3O3S/c1-2-19-23-17(12-29-19)13-7-9-14(10-8-13)20-24-21(28-25-20)16-11-15-5-3-4-6-18(15)27-22(16)26/h3-12H,2H2,1H3. The molecule has 3 heterocycles. The molecule has 0 unspecified atom stereocenters. The zero-order chi connectivity index (χ0) is 19.8. The van der Waals surface area contributed by atoms with E-state index in [1.54, 1.807) is 23.5 Å². The number of benzene rings is 2. The lowest BCUT2D eigenvalue weighted by molar-refractivity contribution is 0.429. The first-order valence-corrected chi connectivity index (χ1v) is 10.0. The van der Waals surface area contributed by atoms with E-state index in [-0.39, 0.29) is 11.5 Å². The van der Waals surface area contributed by atoms with Crippen LogP contribution in [0.1, 0.15) is 11.9 Å². The molecule has 0 saturated carbocycles. The molecule has 0 amide bonds. The van der Waals surface area contributed by atoms with E-state index < -0.39 is 5.63 Å². The van der Waals surface area contributed by atoms with E-state index in [9.17, 15) is 4.79 Å². The Kier molecular flexibility index (Phi) is 4.29. The van der Waals surface area contributed by atoms with Gasteiger partial charge < -0.3 is 8.94 Å². The molecule has 0 radical (unpaired) electrons. The molecule has 0 atom stereocenters. The van der Waals surface area contributed by atoms with E-state index in [4.69, 9.17) is 8.94 Å². The van der Waals surface area contributed by atoms with Crippen LogP contribution in [0.3, 0.4) is 0 Å². The van der Waals surface area contributed by atoms with Gasteiger partial charge in [0.05, 0.1) is 10.7 Å². The molecule has 29 heavy (non-hydrogen) atoms. The van der Waals surface area contributed by atoms with Crippen molar-refractivity contribution in [1.82, 2.24) is 15.1 Å². The molecular weight excluding hydrogens is 386 g/mol. The quantitative estimate of drug-likeness (QED) is 0.385. The first-order valence-electron chi connectivity index (χ1n) is 9.13. The molecule has 0 aliphatic heterocycles. The molecule has 0 aliphatic rings. The normalized spacial score (nSPS) is 11.2. The first kappa shape index (κ1) is 17.5. The minimum absolute atomic E-state index is 0.135. The van der Waals surface area contributed by atoms with Crippen LogP contribution in [-0.4, -0.2) is 15.1 Å². The van der Waals surface area contributed by atoms with Gasteiger partial charge in [-0.15, -0.1) is 11.3 Å². The smallest absolute Gasteiger partial charge is 0.349 e. The van der Waals surface area contributed by atoms with Gasteiger partial charge in [0.25, 0.3) is 5.89 Å². The lowest BCUT2D eigenvalue weighted by atomic mass is 10.1. The lowest BCUT2D eigenvalue weighted by Crippen LogP contribution is -2.02. The molecule has 7 heteroatoms. The Balaban J connectivity index is 1.47. The average Bonchev–Trinajstić information content (AvgIpc) is 3.43. The van der Waals surface area contributed by atoms with Crippen molar-refractivity contribution in [2.45, 2.75) is 13.3 Å². The van der Waals surface area contributed by atoms with E-state index >= 15 is 0 Å². The first-order chi connectivity index (χ1) is 14.2. The zero-order valence-electron chi connectivity index (χ0n) is 15.5. The molecular formula is C22H15N3O3S. The molecule has 0 fully saturated rings. The van der Waals surface area contributed by atoms with Gasteiger partial charge in [0.15, 0.2) is 0 Å². The van der Waals surface area contributed by atoms with Gasteiger partial charge in [0.1, 0.15) is 11.1 Å². The highest BCUT2D eigenvalue weighted by Gasteiger charge is 2.16. The molecule has 0 N–H and O–H groups in total. The number of thiazole rings is 1. The van der Waals surface area contributed by atoms with Crippen molar-refractivity contribution in [3.05, 3.63) is 75.4 Å². The van der Waals surface area contributed by atoms with E-state index in [2.05, 4.69) is 27.4 Å². The number of nitrogens with zero attached hydrogens (tertiary/aromatic N) is 3. The predicted molar refractivity (Wildman–Crippen MR) is 112 cm³/mol. The molecule has 5 rings (SSSR count). The lowest BCUT2D eigenvalue weighted by Gasteiger charge is -1.99. The number of fused-ring (bicyclic) bond motifs is 1. The maximum atomic E-state index is 12.3. The Bertz CT molecular complexity index is 1370. The summed E-state index contributed by atoms with van der Waals surface area (Å²) < 4.78 is 10.7. The molecule has 6 nitrogen and oxygen atoms in total. The van der Waals surface area contributed by atoms with Crippen molar-refractivity contribution in [3.8, 4) is 34.1 Å². The van der Waals surface area contributed by atoms with Gasteiger partial charge in [-0.25, -0.2) is 9.78 Å². The molecule has 5 aromatic rings. The van der Waals surface area contributed by atoms with Crippen molar-refractivity contribution in [2.24, 2.45) is 0 Å². The predicted octanol–water partition coefficient (Wildman–Crippen LogP) is 5.20. The third-order valence-electron chi connectivity index (χ3n) is 4.59. The number of hydrogen-bond donors (Lipinski definition) is 0. The SMILES string of the molecule is CCc1nc(-c2ccc(-c3noc(-c4cc5ccccc5oc4=O)n3)cc2)cs1. The fourth-order valence-electron chi connectivity index (χ4n) is 3.06. The highest BCUT2D eigenvalue weighted by atomic mass is 32.1. The van der Waals surface area contributed by atoms with Gasteiger partial charge in [-0.05, 0) is 18.6 Å². The van der Waals surface area contributed by atoms with Crippen molar-refractivity contribution in [1.29, 1.82) is 0 Å². The molecule has 142 valence electrons. The van der Waals surface area contributed by atoms with Gasteiger partial charge in [-0.2, -0.15) is 4.98 Å². The summed E-state index contributed by atoms with van der Waals surface area (Å²) in [6, 6.07) is 16.8. The molecule has 0 aliphatic carbocycles. The Labute approximate surface area is 169 Å². The fourth-order valence-corrected chi connectivity index (χ4v) is 3.81. The molecule has 0 spiro atoms. The van der Waals surface area contributed by atoms with Gasteiger partial charge >= 0.3 is 5.63 Å². The van der Waals surface area contributed by atoms with Gasteiger partial charge in [-0.3, -0.25) is 0 Å². The van der Waals surface area contributed by atoms with E-state index in [0.29, 0.717) is 11.4 Å². The average molecular weight is 401 g/mol. The maximum Gasteiger partial charge on any atom is 0.349 e. The van der Waals surface area contributed by atoms with Crippen LogP contribution in [0.2, 0.25) is 0 Å². The third kappa shape index (κ3) is 3.25. The molecule has 2 aromatic carbocycles. The second kappa shape index (κ2) is 7.10. The summed E-state index contributed by atoms with van der Waals surface area (Å²) in [5, 5.41) is 7.98. The van der Waals surface area contributed by atoms with Gasteiger partial charge in [0.2, 0.25) is 5.82 Å². The summed E-state index contributed by atoms with van der Waals surface area (Å²) in [5.74, 6) is 0.544. The van der Waals surface area contributed by atoms with Crippen LogP contribution in [-0.2, 0) is 6.42 Å². The Morgan fingerprint density at radius 1 is 1.00 bits per heavy atom. The minimum atomic E-state index is -0.510. The number of rotatable bonds is 4. The number of aromatic nitrogens is 3. The fraction of sp³-hybridized carbons (Fsp3) is 0.0909. The largest absolute Gasteiger partial charge is 0.422 e. The van der Waals surface area contributed by atoms with E-state index in [1.165, 1.54) is 0 Å². The van der Waals surface area contributed by atoms with E-state index in [0.717, 1.165) is 33.6 Å². The monoisotopic (exact) mass is 401 g/mol. The summed E-state index contributed by atoms with van der Waals surface area (Å²) in [6.07, 6.45) is 0.928. The Morgan fingerprint density at radius 3 is 2.59 bits per heavy atom. The van der Waals surface area contributed by atoms with Crippen LogP contribution >= 0.6 is 11.3 Å². The summed E-state index contributed by atoms with van der Waals surface area (Å²) in [4.78, 5) is 21.3. The van der Waals surface area contributed by atoms with Crippen LogP contribution in [0.25, 0.3) is 45.1 Å². The summed E-state index contributed by atoms with van der Waals surface area (Å²) in [6.45, 7) is 2.09. The second-order valence-electron chi connectivity index (χ2n) is 6.47. The van der Waals surface area contributed by atoms with Crippen LogP contribution in [0.4, 0.5) is 0 Å².